The van der Waals surface area contributed by atoms with E-state index in [-0.39, 0.29) is 29.8 Å². The molecule has 1 saturated carbocycles. The fourth-order valence-electron chi connectivity index (χ4n) is 3.97. The fourth-order valence-corrected chi connectivity index (χ4v) is 3.97. The number of hydrogen-bond donors (Lipinski definition) is 1. The number of fused-ring (bicyclic) bond motifs is 2. The van der Waals surface area contributed by atoms with Gasteiger partial charge in [-0.1, -0.05) is 0 Å². The largest absolute Gasteiger partial charge is 0.443 e. The van der Waals surface area contributed by atoms with Crippen LogP contribution < -0.4 is 5.73 Å². The molecular formula is C16H25N3O4. The first-order valence-corrected chi connectivity index (χ1v) is 8.31. The topological polar surface area (TPSA) is 92.9 Å². The Kier molecular flexibility index (Phi) is 3.86. The summed E-state index contributed by atoms with van der Waals surface area (Å²) in [5.41, 5.74) is 5.16. The van der Waals surface area contributed by atoms with Gasteiger partial charge in [-0.25, -0.2) is 9.69 Å². The van der Waals surface area contributed by atoms with Crippen LogP contribution in [-0.2, 0) is 14.3 Å². The number of imide groups is 1. The van der Waals surface area contributed by atoms with Gasteiger partial charge in [0, 0.05) is 18.6 Å². The van der Waals surface area contributed by atoms with Gasteiger partial charge < -0.3 is 15.4 Å². The lowest BCUT2D eigenvalue weighted by molar-refractivity contribution is -0.135. The molecule has 3 amide bonds. The monoisotopic (exact) mass is 323 g/mol. The average Bonchev–Trinajstić information content (AvgIpc) is 2.89. The van der Waals surface area contributed by atoms with Gasteiger partial charge in [0.05, 0.1) is 12.0 Å². The normalized spacial score (nSPS) is 34.3. The van der Waals surface area contributed by atoms with Crippen molar-refractivity contribution in [2.45, 2.75) is 70.2 Å². The maximum absolute atomic E-state index is 12.7. The van der Waals surface area contributed by atoms with Crippen molar-refractivity contribution in [3.8, 4) is 0 Å². The van der Waals surface area contributed by atoms with Crippen molar-refractivity contribution in [2.24, 2.45) is 11.7 Å². The second kappa shape index (κ2) is 5.47. The van der Waals surface area contributed by atoms with E-state index >= 15 is 0 Å². The van der Waals surface area contributed by atoms with Crippen molar-refractivity contribution in [3.63, 3.8) is 0 Å². The number of carbonyl (C=O) groups excluding carboxylic acids is 3. The maximum atomic E-state index is 12.7. The summed E-state index contributed by atoms with van der Waals surface area (Å²) < 4.78 is 5.36. The van der Waals surface area contributed by atoms with Crippen LogP contribution in [-0.4, -0.2) is 58.0 Å². The molecule has 0 aromatic heterocycles. The molecular weight excluding hydrogens is 298 g/mol. The zero-order valence-electron chi connectivity index (χ0n) is 13.9. The Morgan fingerprint density at radius 1 is 1.17 bits per heavy atom. The van der Waals surface area contributed by atoms with Crippen molar-refractivity contribution in [1.29, 1.82) is 0 Å². The Morgan fingerprint density at radius 3 is 2.43 bits per heavy atom. The van der Waals surface area contributed by atoms with Gasteiger partial charge in [-0.3, -0.25) is 9.59 Å². The van der Waals surface area contributed by atoms with Gasteiger partial charge in [0.1, 0.15) is 5.60 Å². The summed E-state index contributed by atoms with van der Waals surface area (Å²) in [5.74, 6) is -0.590. The van der Waals surface area contributed by atoms with Gasteiger partial charge in [-0.2, -0.15) is 0 Å². The predicted molar refractivity (Wildman–Crippen MR) is 82.3 cm³/mol. The molecule has 23 heavy (non-hydrogen) atoms. The Labute approximate surface area is 136 Å². The maximum Gasteiger partial charge on any atom is 0.417 e. The number of amides is 3. The van der Waals surface area contributed by atoms with E-state index in [0.29, 0.717) is 25.8 Å². The van der Waals surface area contributed by atoms with Crippen LogP contribution in [0.3, 0.4) is 0 Å². The van der Waals surface area contributed by atoms with Crippen LogP contribution in [0.1, 0.15) is 46.5 Å². The molecule has 0 spiro atoms. The van der Waals surface area contributed by atoms with E-state index in [1.165, 1.54) is 4.90 Å². The molecule has 2 heterocycles. The highest BCUT2D eigenvalue weighted by Crippen LogP contribution is 2.40. The summed E-state index contributed by atoms with van der Waals surface area (Å²) in [6.45, 7) is 5.95. The molecule has 7 nitrogen and oxygen atoms in total. The molecule has 0 aromatic carbocycles. The second-order valence-corrected chi connectivity index (χ2v) is 7.76. The molecule has 2 bridgehead atoms. The summed E-state index contributed by atoms with van der Waals surface area (Å²) in [7, 11) is 0. The minimum Gasteiger partial charge on any atom is -0.443 e. The average molecular weight is 323 g/mol. The molecule has 2 N–H and O–H groups in total. The van der Waals surface area contributed by atoms with Crippen LogP contribution in [0.2, 0.25) is 0 Å². The van der Waals surface area contributed by atoms with Crippen LogP contribution in [0.25, 0.3) is 0 Å². The van der Waals surface area contributed by atoms with Gasteiger partial charge in [0.25, 0.3) is 0 Å². The van der Waals surface area contributed by atoms with Gasteiger partial charge in [-0.15, -0.1) is 0 Å². The summed E-state index contributed by atoms with van der Waals surface area (Å²) in [6, 6.07) is -0.691. The van der Waals surface area contributed by atoms with Crippen LogP contribution in [0.5, 0.6) is 0 Å². The SMILES string of the molecule is CC(C)(C)OC(=O)N1C(=O)[C@@H]2C[C@H]1CC[C@@H]2N1CC[C@H](N)C1=O. The molecule has 0 radical (unpaired) electrons. The summed E-state index contributed by atoms with van der Waals surface area (Å²) in [5, 5.41) is 0. The Hall–Kier alpha value is -1.63. The molecule has 0 aromatic rings. The lowest BCUT2D eigenvalue weighted by Crippen LogP contribution is -2.47. The lowest BCUT2D eigenvalue weighted by Gasteiger charge is -2.34. The van der Waals surface area contributed by atoms with Crippen molar-refractivity contribution < 1.29 is 19.1 Å². The minimum atomic E-state index is -0.634. The predicted octanol–water partition coefficient (Wildman–Crippen LogP) is 0.861. The molecule has 128 valence electrons. The first kappa shape index (κ1) is 16.2. The zero-order valence-corrected chi connectivity index (χ0v) is 13.9. The highest BCUT2D eigenvalue weighted by Gasteiger charge is 2.53. The molecule has 3 aliphatic rings. The molecule has 2 aliphatic heterocycles. The van der Waals surface area contributed by atoms with Crippen LogP contribution in [0.4, 0.5) is 4.79 Å². The van der Waals surface area contributed by atoms with Crippen LogP contribution in [0.15, 0.2) is 0 Å². The fraction of sp³-hybridized carbons (Fsp3) is 0.812. The van der Waals surface area contributed by atoms with Gasteiger partial charge in [0.15, 0.2) is 0 Å². The Bertz CT molecular complexity index is 542. The lowest BCUT2D eigenvalue weighted by atomic mass is 9.84. The van der Waals surface area contributed by atoms with Crippen molar-refractivity contribution >= 4 is 17.9 Å². The second-order valence-electron chi connectivity index (χ2n) is 7.76. The smallest absolute Gasteiger partial charge is 0.417 e. The van der Waals surface area contributed by atoms with E-state index in [0.717, 1.165) is 6.42 Å². The number of nitrogens with two attached hydrogens (primary N) is 1. The van der Waals surface area contributed by atoms with E-state index in [2.05, 4.69) is 0 Å². The number of likely N-dealkylation sites (tertiary alicyclic amines) is 2. The quantitative estimate of drug-likeness (QED) is 0.772. The number of ether oxygens (including phenoxy) is 1. The zero-order chi connectivity index (χ0) is 16.9. The van der Waals surface area contributed by atoms with E-state index in [1.54, 1.807) is 25.7 Å². The van der Waals surface area contributed by atoms with Crippen LogP contribution >= 0.6 is 0 Å². The molecule has 1 aliphatic carbocycles. The van der Waals surface area contributed by atoms with Crippen molar-refractivity contribution in [1.82, 2.24) is 9.80 Å². The standard InChI is InChI=1S/C16H25N3O4/c1-16(2,3)23-15(22)19-9-4-5-12(10(8-9)13(19)20)18-7-6-11(17)14(18)21/h9-12H,4-8,17H2,1-3H3/t9-,10-,11+,12+/m1/s1. The summed E-state index contributed by atoms with van der Waals surface area (Å²) >= 11 is 0. The highest BCUT2D eigenvalue weighted by atomic mass is 16.6. The first-order chi connectivity index (χ1) is 10.7. The third-order valence-electron chi connectivity index (χ3n) is 4.98. The highest BCUT2D eigenvalue weighted by molar-refractivity contribution is 5.97. The van der Waals surface area contributed by atoms with Crippen molar-refractivity contribution in [2.75, 3.05) is 6.54 Å². The Morgan fingerprint density at radius 2 is 1.87 bits per heavy atom. The number of rotatable bonds is 1. The molecule has 7 heteroatoms. The first-order valence-electron chi connectivity index (χ1n) is 8.31. The molecule has 4 atom stereocenters. The minimum absolute atomic E-state index is 0.0723. The molecule has 0 unspecified atom stereocenters. The summed E-state index contributed by atoms with van der Waals surface area (Å²) in [6.07, 6.45) is 2.13. The number of carbonyl (C=O) groups is 3. The van der Waals surface area contributed by atoms with E-state index in [1.807, 2.05) is 0 Å². The van der Waals surface area contributed by atoms with E-state index < -0.39 is 17.7 Å². The Balaban J connectivity index is 1.75. The summed E-state index contributed by atoms with van der Waals surface area (Å²) in [4.78, 5) is 40.3. The van der Waals surface area contributed by atoms with Gasteiger partial charge >= 0.3 is 6.09 Å². The number of nitrogens with zero attached hydrogens (tertiary/aromatic N) is 2. The van der Waals surface area contributed by atoms with E-state index in [4.69, 9.17) is 10.5 Å². The van der Waals surface area contributed by atoms with E-state index in [9.17, 15) is 14.4 Å². The molecule has 2 saturated heterocycles. The third kappa shape index (κ3) is 2.82. The van der Waals surface area contributed by atoms with Gasteiger partial charge in [0.2, 0.25) is 11.8 Å². The third-order valence-corrected chi connectivity index (χ3v) is 4.98. The van der Waals surface area contributed by atoms with Gasteiger partial charge in [-0.05, 0) is 46.5 Å². The number of hydrogen-bond acceptors (Lipinski definition) is 5. The van der Waals surface area contributed by atoms with Crippen LogP contribution in [0, 0.1) is 5.92 Å². The molecule has 3 fully saturated rings. The molecule has 3 rings (SSSR count). The van der Waals surface area contributed by atoms with Crippen molar-refractivity contribution in [3.05, 3.63) is 0 Å².